The average molecular weight is 346 g/mol. The first-order valence-corrected chi connectivity index (χ1v) is 8.92. The number of piperazine rings is 1. The molecule has 2 fully saturated rings. The summed E-state index contributed by atoms with van der Waals surface area (Å²) in [5.41, 5.74) is 1.27. The molecule has 1 aromatic rings. The van der Waals surface area contributed by atoms with Crippen molar-refractivity contribution in [3.8, 4) is 0 Å². The highest BCUT2D eigenvalue weighted by molar-refractivity contribution is 5.77. The fraction of sp³-hybridized carbons (Fsp3) is 0.579. The average Bonchev–Trinajstić information content (AvgIpc) is 2.67. The fourth-order valence-corrected chi connectivity index (χ4v) is 3.67. The highest BCUT2D eigenvalue weighted by Gasteiger charge is 2.37. The summed E-state index contributed by atoms with van der Waals surface area (Å²) in [7, 11) is 1.37. The molecule has 6 nitrogen and oxygen atoms in total. The van der Waals surface area contributed by atoms with E-state index < -0.39 is 0 Å². The molecule has 1 aromatic carbocycles. The highest BCUT2D eigenvalue weighted by Crippen LogP contribution is 2.29. The van der Waals surface area contributed by atoms with Crippen molar-refractivity contribution in [3.63, 3.8) is 0 Å². The Labute approximate surface area is 148 Å². The van der Waals surface area contributed by atoms with Crippen LogP contribution in [-0.4, -0.2) is 67.7 Å². The summed E-state index contributed by atoms with van der Waals surface area (Å²) in [5, 5.41) is 0. The van der Waals surface area contributed by atoms with Crippen LogP contribution in [0.1, 0.15) is 30.9 Å². The molecule has 0 aliphatic carbocycles. The third-order valence-electron chi connectivity index (χ3n) is 5.05. The second-order valence-electron chi connectivity index (χ2n) is 6.63. The summed E-state index contributed by atoms with van der Waals surface area (Å²) in [6, 6.07) is 10.9. The number of morpholine rings is 1. The maximum Gasteiger partial charge on any atom is 0.305 e. The number of amides is 1. The topological polar surface area (TPSA) is 59.1 Å². The van der Waals surface area contributed by atoms with Crippen molar-refractivity contribution in [3.05, 3.63) is 35.9 Å². The van der Waals surface area contributed by atoms with Crippen LogP contribution >= 0.6 is 0 Å². The predicted molar refractivity (Wildman–Crippen MR) is 92.9 cm³/mol. The quantitative estimate of drug-likeness (QED) is 0.758. The molecule has 0 N–H and O–H groups in total. The Morgan fingerprint density at radius 3 is 2.72 bits per heavy atom. The number of carbonyl (C=O) groups excluding carboxylic acids is 2. The summed E-state index contributed by atoms with van der Waals surface area (Å²) in [6.45, 7) is 3.65. The van der Waals surface area contributed by atoms with Crippen LogP contribution in [-0.2, 0) is 19.1 Å². The predicted octanol–water partition coefficient (Wildman–Crippen LogP) is 1.61. The van der Waals surface area contributed by atoms with Crippen LogP contribution in [0.4, 0.5) is 0 Å². The van der Waals surface area contributed by atoms with Gasteiger partial charge in [-0.25, -0.2) is 0 Å². The standard InChI is InChI=1S/C19H26N2O4/c1-24-19(23)9-5-8-18(22)20-10-11-21-16(12-20)13-25-14-17(21)15-6-3-2-4-7-15/h2-4,6-7,16-17H,5,8-14H2,1H3/t16-,17-/m1/s1. The number of rotatable bonds is 5. The van der Waals surface area contributed by atoms with E-state index in [1.807, 2.05) is 11.0 Å². The number of esters is 1. The highest BCUT2D eigenvalue weighted by atomic mass is 16.5. The summed E-state index contributed by atoms with van der Waals surface area (Å²) in [4.78, 5) is 27.9. The Bertz CT molecular complexity index is 592. The van der Waals surface area contributed by atoms with E-state index in [-0.39, 0.29) is 24.0 Å². The zero-order valence-corrected chi connectivity index (χ0v) is 14.7. The van der Waals surface area contributed by atoms with Crippen LogP contribution < -0.4 is 0 Å². The molecular weight excluding hydrogens is 320 g/mol. The normalized spacial score (nSPS) is 23.8. The van der Waals surface area contributed by atoms with Crippen LogP contribution in [0.2, 0.25) is 0 Å². The van der Waals surface area contributed by atoms with Crippen molar-refractivity contribution in [1.29, 1.82) is 0 Å². The number of benzene rings is 1. The van der Waals surface area contributed by atoms with E-state index in [0.717, 1.165) is 13.1 Å². The van der Waals surface area contributed by atoms with Gasteiger partial charge in [0, 0.05) is 32.5 Å². The maximum absolute atomic E-state index is 12.4. The fourth-order valence-electron chi connectivity index (χ4n) is 3.67. The molecule has 0 bridgehead atoms. The zero-order chi connectivity index (χ0) is 17.6. The largest absolute Gasteiger partial charge is 0.469 e. The number of hydrogen-bond acceptors (Lipinski definition) is 5. The van der Waals surface area contributed by atoms with Gasteiger partial charge in [-0.15, -0.1) is 0 Å². The first-order chi connectivity index (χ1) is 12.2. The number of ether oxygens (including phenoxy) is 2. The number of hydrogen-bond donors (Lipinski definition) is 0. The lowest BCUT2D eigenvalue weighted by Gasteiger charge is -2.48. The van der Waals surface area contributed by atoms with Crippen molar-refractivity contribution in [2.45, 2.75) is 31.3 Å². The first kappa shape index (κ1) is 17.9. The van der Waals surface area contributed by atoms with E-state index in [4.69, 9.17) is 4.74 Å². The molecule has 6 heteroatoms. The second kappa shape index (κ2) is 8.45. The molecule has 3 rings (SSSR count). The van der Waals surface area contributed by atoms with Gasteiger partial charge in [0.25, 0.3) is 0 Å². The first-order valence-electron chi connectivity index (χ1n) is 8.92. The molecule has 0 spiro atoms. The van der Waals surface area contributed by atoms with Gasteiger partial charge in [-0.2, -0.15) is 0 Å². The Kier molecular flexibility index (Phi) is 6.04. The molecule has 136 valence electrons. The third-order valence-corrected chi connectivity index (χ3v) is 5.05. The van der Waals surface area contributed by atoms with Crippen LogP contribution in [0.15, 0.2) is 30.3 Å². The van der Waals surface area contributed by atoms with Crippen molar-refractivity contribution < 1.29 is 19.1 Å². The van der Waals surface area contributed by atoms with Gasteiger partial charge in [0.1, 0.15) is 0 Å². The molecule has 0 radical (unpaired) electrons. The molecule has 2 atom stereocenters. The minimum absolute atomic E-state index is 0.116. The lowest BCUT2D eigenvalue weighted by atomic mass is 10.00. The SMILES string of the molecule is COC(=O)CCCC(=O)N1CCN2[C@@H](COC[C@@H]2c2ccccc2)C1. The van der Waals surface area contributed by atoms with Crippen LogP contribution in [0.25, 0.3) is 0 Å². The molecule has 2 saturated heterocycles. The van der Waals surface area contributed by atoms with E-state index in [0.29, 0.717) is 39.0 Å². The van der Waals surface area contributed by atoms with E-state index in [9.17, 15) is 9.59 Å². The summed E-state index contributed by atoms with van der Waals surface area (Å²) >= 11 is 0. The van der Waals surface area contributed by atoms with Gasteiger partial charge in [0.2, 0.25) is 5.91 Å². The number of carbonyl (C=O) groups is 2. The van der Waals surface area contributed by atoms with E-state index in [1.165, 1.54) is 12.7 Å². The lowest BCUT2D eigenvalue weighted by molar-refractivity contribution is -0.142. The lowest BCUT2D eigenvalue weighted by Crippen LogP contribution is -2.60. The van der Waals surface area contributed by atoms with Gasteiger partial charge in [0.15, 0.2) is 0 Å². The van der Waals surface area contributed by atoms with Crippen molar-refractivity contribution in [2.24, 2.45) is 0 Å². The zero-order valence-electron chi connectivity index (χ0n) is 14.7. The monoisotopic (exact) mass is 346 g/mol. The van der Waals surface area contributed by atoms with Gasteiger partial charge < -0.3 is 14.4 Å². The Hall–Kier alpha value is -1.92. The van der Waals surface area contributed by atoms with Crippen LogP contribution in [0.5, 0.6) is 0 Å². The van der Waals surface area contributed by atoms with Gasteiger partial charge in [-0.1, -0.05) is 30.3 Å². The van der Waals surface area contributed by atoms with Gasteiger partial charge in [-0.3, -0.25) is 14.5 Å². The number of nitrogens with zero attached hydrogens (tertiary/aromatic N) is 2. The Balaban J connectivity index is 1.55. The van der Waals surface area contributed by atoms with Crippen LogP contribution in [0.3, 0.4) is 0 Å². The van der Waals surface area contributed by atoms with Gasteiger partial charge in [0.05, 0.1) is 32.4 Å². The summed E-state index contributed by atoms with van der Waals surface area (Å²) < 4.78 is 10.4. The Morgan fingerprint density at radius 1 is 1.16 bits per heavy atom. The molecule has 1 amide bonds. The molecule has 25 heavy (non-hydrogen) atoms. The minimum atomic E-state index is -0.260. The molecule has 0 unspecified atom stereocenters. The summed E-state index contributed by atoms with van der Waals surface area (Å²) in [6.07, 6.45) is 1.23. The molecule has 2 aliphatic heterocycles. The number of fused-ring (bicyclic) bond motifs is 1. The van der Waals surface area contributed by atoms with Gasteiger partial charge >= 0.3 is 5.97 Å². The second-order valence-corrected chi connectivity index (χ2v) is 6.63. The summed E-state index contributed by atoms with van der Waals surface area (Å²) in [5.74, 6) is -0.144. The van der Waals surface area contributed by atoms with E-state index in [2.05, 4.69) is 33.9 Å². The minimum Gasteiger partial charge on any atom is -0.469 e. The third kappa shape index (κ3) is 4.38. The van der Waals surface area contributed by atoms with E-state index >= 15 is 0 Å². The molecule has 0 aromatic heterocycles. The Morgan fingerprint density at radius 2 is 1.96 bits per heavy atom. The van der Waals surface area contributed by atoms with Crippen LogP contribution in [0, 0.1) is 0 Å². The maximum atomic E-state index is 12.4. The van der Waals surface area contributed by atoms with Gasteiger partial charge in [-0.05, 0) is 12.0 Å². The molecule has 0 saturated carbocycles. The van der Waals surface area contributed by atoms with Crippen molar-refractivity contribution >= 4 is 11.9 Å². The molecular formula is C19H26N2O4. The van der Waals surface area contributed by atoms with Crippen molar-refractivity contribution in [1.82, 2.24) is 9.80 Å². The van der Waals surface area contributed by atoms with E-state index in [1.54, 1.807) is 0 Å². The number of methoxy groups -OCH3 is 1. The smallest absolute Gasteiger partial charge is 0.305 e. The molecule has 2 heterocycles. The molecule has 2 aliphatic rings. The van der Waals surface area contributed by atoms with Crippen molar-refractivity contribution in [2.75, 3.05) is 40.0 Å².